The van der Waals surface area contributed by atoms with Crippen LogP contribution in [0.4, 0.5) is 0 Å². The van der Waals surface area contributed by atoms with E-state index >= 15 is 0 Å². The molecule has 114 valence electrons. The van der Waals surface area contributed by atoms with Crippen molar-refractivity contribution in [2.24, 2.45) is 0 Å². The Labute approximate surface area is 148 Å². The van der Waals surface area contributed by atoms with Crippen molar-refractivity contribution >= 4 is 45.7 Å². The van der Waals surface area contributed by atoms with E-state index in [1.54, 1.807) is 0 Å². The number of benzene rings is 2. The normalized spacial score (nSPS) is 13.4. The minimum atomic E-state index is -0.405. The van der Waals surface area contributed by atoms with Gasteiger partial charge in [-0.3, -0.25) is 0 Å². The van der Waals surface area contributed by atoms with E-state index in [1.807, 2.05) is 74.5 Å². The van der Waals surface area contributed by atoms with Crippen molar-refractivity contribution in [2.75, 3.05) is 0 Å². The van der Waals surface area contributed by atoms with E-state index in [1.165, 1.54) is 0 Å². The summed E-state index contributed by atoms with van der Waals surface area (Å²) in [4.78, 5) is 24.7. The van der Waals surface area contributed by atoms with Gasteiger partial charge in [-0.25, -0.2) is 0 Å². The molecule has 2 rings (SSSR count). The Morgan fingerprint density at radius 1 is 0.682 bits per heavy atom. The first-order valence-corrected chi connectivity index (χ1v) is 17.1. The second-order valence-electron chi connectivity index (χ2n) is 4.94. The van der Waals surface area contributed by atoms with Crippen molar-refractivity contribution in [1.82, 2.24) is 0 Å². The molecule has 0 heterocycles. The van der Waals surface area contributed by atoms with Gasteiger partial charge < -0.3 is 0 Å². The number of carbonyl (C=O) groups excluding carboxylic acids is 2. The standard InChI is InChI=1S/C18H18O2Te2/c1-13(17(19)15-9-5-3-6-10-15)21-22-14(2)18(20)16-11-7-4-8-12-16/h3-14H,1-2H3. The Balaban J connectivity index is 1.89. The number of rotatable bonds is 7. The summed E-state index contributed by atoms with van der Waals surface area (Å²) < 4.78 is 0.252. The minimum absolute atomic E-state index is 0.126. The van der Waals surface area contributed by atoms with Crippen LogP contribution in [0.3, 0.4) is 0 Å². The van der Waals surface area contributed by atoms with Gasteiger partial charge >= 0.3 is 149 Å². The maximum absolute atomic E-state index is 12.4. The summed E-state index contributed by atoms with van der Waals surface area (Å²) in [5.74, 6) is 0.486. The molecule has 0 aliphatic carbocycles. The van der Waals surface area contributed by atoms with Crippen LogP contribution in [-0.2, 0) is 0 Å². The molecule has 0 saturated heterocycles. The average Bonchev–Trinajstić information content (AvgIpc) is 2.59. The van der Waals surface area contributed by atoms with E-state index < -0.39 is 34.1 Å². The van der Waals surface area contributed by atoms with Gasteiger partial charge in [0.25, 0.3) is 0 Å². The quantitative estimate of drug-likeness (QED) is 0.412. The van der Waals surface area contributed by atoms with Gasteiger partial charge in [-0.15, -0.1) is 0 Å². The van der Waals surface area contributed by atoms with Crippen LogP contribution in [0.5, 0.6) is 0 Å². The molecule has 2 atom stereocenters. The molecule has 2 aromatic rings. The number of ketones is 2. The fraction of sp³-hybridized carbons (Fsp3) is 0.222. The molecule has 0 N–H and O–H groups in total. The molecule has 2 nitrogen and oxygen atoms in total. The summed E-state index contributed by atoms with van der Waals surface area (Å²) in [6.07, 6.45) is 0. The molecule has 0 bridgehead atoms. The van der Waals surface area contributed by atoms with Gasteiger partial charge in [-0.2, -0.15) is 0 Å². The Morgan fingerprint density at radius 2 is 1.00 bits per heavy atom. The maximum atomic E-state index is 12.4. The molecule has 0 amide bonds. The van der Waals surface area contributed by atoms with E-state index in [2.05, 4.69) is 0 Å². The predicted molar refractivity (Wildman–Crippen MR) is 91.9 cm³/mol. The first kappa shape index (κ1) is 17.7. The SMILES string of the molecule is CC([Te][Te]C(C)C(=O)c1ccccc1)C(=O)c1ccccc1. The second kappa shape index (κ2) is 8.85. The van der Waals surface area contributed by atoms with E-state index in [4.69, 9.17) is 0 Å². The second-order valence-corrected chi connectivity index (χ2v) is 17.4. The molecular weight excluding hydrogens is 503 g/mol. The van der Waals surface area contributed by atoms with Crippen LogP contribution in [0.1, 0.15) is 34.6 Å². The number of hydrogen-bond donors (Lipinski definition) is 0. The van der Waals surface area contributed by atoms with Crippen molar-refractivity contribution in [2.45, 2.75) is 21.8 Å². The van der Waals surface area contributed by atoms with Crippen molar-refractivity contribution in [3.05, 3.63) is 71.8 Å². The molecule has 0 aliphatic heterocycles. The molecule has 0 spiro atoms. The molecule has 0 aliphatic rings. The number of hydrogen-bond acceptors (Lipinski definition) is 2. The molecule has 0 saturated carbocycles. The first-order valence-electron chi connectivity index (χ1n) is 7.10. The molecule has 0 aromatic heterocycles. The van der Waals surface area contributed by atoms with Crippen LogP contribution in [0.25, 0.3) is 0 Å². The third-order valence-corrected chi connectivity index (χ3v) is 19.6. The summed E-state index contributed by atoms with van der Waals surface area (Å²) in [6, 6.07) is 19.0. The Morgan fingerprint density at radius 3 is 1.32 bits per heavy atom. The molecule has 2 aromatic carbocycles. The van der Waals surface area contributed by atoms with Crippen LogP contribution in [0.2, 0.25) is 7.93 Å². The Bertz CT molecular complexity index is 569. The zero-order valence-corrected chi connectivity index (χ0v) is 17.2. The number of carbonyl (C=O) groups is 2. The summed E-state index contributed by atoms with van der Waals surface area (Å²) in [5.41, 5.74) is 1.60. The van der Waals surface area contributed by atoms with Crippen LogP contribution >= 0.6 is 0 Å². The average molecular weight is 522 g/mol. The van der Waals surface area contributed by atoms with E-state index in [0.717, 1.165) is 11.1 Å². The van der Waals surface area contributed by atoms with Crippen molar-refractivity contribution < 1.29 is 9.59 Å². The van der Waals surface area contributed by atoms with E-state index in [0.29, 0.717) is 0 Å². The van der Waals surface area contributed by atoms with Gasteiger partial charge in [-0.1, -0.05) is 0 Å². The summed E-state index contributed by atoms with van der Waals surface area (Å²) in [6.45, 7) is 4.06. The number of Topliss-reactive ketones (excluding diaryl/α,β-unsaturated/α-hetero) is 2. The molecule has 0 radical (unpaired) electrons. The van der Waals surface area contributed by atoms with Crippen LogP contribution in [0, 0.1) is 0 Å². The Hall–Kier alpha value is -0.641. The van der Waals surface area contributed by atoms with Gasteiger partial charge in [0.1, 0.15) is 0 Å². The van der Waals surface area contributed by atoms with E-state index in [-0.39, 0.29) is 19.5 Å². The summed E-state index contributed by atoms with van der Waals surface area (Å²) >= 11 is -0.809. The predicted octanol–water partition coefficient (Wildman–Crippen LogP) is 3.69. The zero-order chi connectivity index (χ0) is 15.9. The van der Waals surface area contributed by atoms with Crippen molar-refractivity contribution in [3.63, 3.8) is 0 Å². The fourth-order valence-corrected chi connectivity index (χ4v) is 13.9. The van der Waals surface area contributed by atoms with Gasteiger partial charge in [0.05, 0.1) is 0 Å². The van der Waals surface area contributed by atoms with Gasteiger partial charge in [-0.05, 0) is 0 Å². The molecule has 4 heteroatoms. The van der Waals surface area contributed by atoms with E-state index in [9.17, 15) is 9.59 Å². The van der Waals surface area contributed by atoms with Crippen LogP contribution in [-0.4, -0.2) is 45.7 Å². The zero-order valence-electron chi connectivity index (χ0n) is 12.6. The molecule has 0 fully saturated rings. The summed E-state index contributed by atoms with van der Waals surface area (Å²) in [7, 11) is 0. The third-order valence-electron chi connectivity index (χ3n) is 3.20. The van der Waals surface area contributed by atoms with Gasteiger partial charge in [0.2, 0.25) is 0 Å². The van der Waals surface area contributed by atoms with Crippen LogP contribution in [0.15, 0.2) is 60.7 Å². The molecule has 22 heavy (non-hydrogen) atoms. The Kier molecular flexibility index (Phi) is 7.13. The van der Waals surface area contributed by atoms with Gasteiger partial charge in [0, 0.05) is 0 Å². The van der Waals surface area contributed by atoms with Crippen LogP contribution < -0.4 is 0 Å². The molecule has 2 unspecified atom stereocenters. The first-order chi connectivity index (χ1) is 10.6. The third kappa shape index (κ3) is 4.94. The summed E-state index contributed by atoms with van der Waals surface area (Å²) in [5, 5.41) is 0. The topological polar surface area (TPSA) is 34.1 Å². The molecular formula is C18H18O2Te2. The fourth-order valence-electron chi connectivity index (χ4n) is 1.93. The van der Waals surface area contributed by atoms with Crippen molar-refractivity contribution in [3.8, 4) is 0 Å². The van der Waals surface area contributed by atoms with Gasteiger partial charge in [0.15, 0.2) is 0 Å². The van der Waals surface area contributed by atoms with Crippen molar-refractivity contribution in [1.29, 1.82) is 0 Å². The monoisotopic (exact) mass is 526 g/mol.